The first-order valence-electron chi connectivity index (χ1n) is 8.05. The summed E-state index contributed by atoms with van der Waals surface area (Å²) in [6.07, 6.45) is 1.91. The molecule has 5 nitrogen and oxygen atoms in total. The molecular weight excluding hydrogens is 372 g/mol. The van der Waals surface area contributed by atoms with Crippen LogP contribution in [0.1, 0.15) is 39.9 Å². The number of thioether (sulfide) groups is 1. The highest BCUT2D eigenvalue weighted by Crippen LogP contribution is 2.38. The number of carbonyl (C=O) groups is 2. The van der Waals surface area contributed by atoms with Gasteiger partial charge in [-0.3, -0.25) is 9.59 Å². The molecule has 136 valence electrons. The average molecular weight is 390 g/mol. The number of aryl methyl sites for hydroxylation is 1. The van der Waals surface area contributed by atoms with E-state index in [1.54, 1.807) is 24.8 Å². The van der Waals surface area contributed by atoms with E-state index in [4.69, 9.17) is 0 Å². The van der Waals surface area contributed by atoms with Crippen molar-refractivity contribution in [2.45, 2.75) is 29.1 Å². The predicted octanol–water partition coefficient (Wildman–Crippen LogP) is 3.16. The minimum absolute atomic E-state index is 0.155. The first-order chi connectivity index (χ1) is 12.2. The van der Waals surface area contributed by atoms with Gasteiger partial charge in [0.2, 0.25) is 0 Å². The fourth-order valence-corrected chi connectivity index (χ4v) is 4.71. The van der Waals surface area contributed by atoms with E-state index in [0.29, 0.717) is 16.7 Å². The second kappa shape index (κ2) is 6.89. The van der Waals surface area contributed by atoms with E-state index in [9.17, 15) is 23.1 Å². The molecule has 0 saturated carbocycles. The highest BCUT2D eigenvalue weighted by atomic mass is 32.2. The zero-order valence-corrected chi connectivity index (χ0v) is 16.0. The second-order valence-corrected chi connectivity index (χ2v) is 9.46. The maximum absolute atomic E-state index is 13.0. The molecule has 26 heavy (non-hydrogen) atoms. The van der Waals surface area contributed by atoms with Crippen LogP contribution in [0.3, 0.4) is 0 Å². The minimum atomic E-state index is -3.33. The molecule has 2 aromatic rings. The van der Waals surface area contributed by atoms with Crippen LogP contribution in [0.4, 0.5) is 0 Å². The Balaban J connectivity index is 2.05. The van der Waals surface area contributed by atoms with Gasteiger partial charge < -0.3 is 5.11 Å². The first-order valence-corrected chi connectivity index (χ1v) is 10.9. The molecule has 7 heteroatoms. The van der Waals surface area contributed by atoms with Gasteiger partial charge in [0.15, 0.2) is 15.6 Å². The molecule has 1 atom stereocenters. The van der Waals surface area contributed by atoms with E-state index < -0.39 is 21.7 Å². The Morgan fingerprint density at radius 3 is 2.38 bits per heavy atom. The molecule has 1 heterocycles. The van der Waals surface area contributed by atoms with Gasteiger partial charge in [0.1, 0.15) is 0 Å². The van der Waals surface area contributed by atoms with Gasteiger partial charge in [-0.1, -0.05) is 6.07 Å². The van der Waals surface area contributed by atoms with Crippen LogP contribution < -0.4 is 0 Å². The van der Waals surface area contributed by atoms with E-state index in [1.165, 1.54) is 24.3 Å². The molecule has 0 bridgehead atoms. The van der Waals surface area contributed by atoms with E-state index in [1.807, 2.05) is 6.07 Å². The molecule has 0 radical (unpaired) electrons. The molecule has 3 rings (SSSR count). The van der Waals surface area contributed by atoms with Gasteiger partial charge in [-0.25, -0.2) is 8.42 Å². The predicted molar refractivity (Wildman–Crippen MR) is 99.9 cm³/mol. The van der Waals surface area contributed by atoms with Crippen LogP contribution in [-0.4, -0.2) is 37.3 Å². The zero-order valence-electron chi connectivity index (χ0n) is 14.4. The van der Waals surface area contributed by atoms with Crippen molar-refractivity contribution in [2.75, 3.05) is 12.0 Å². The SMILES string of the molecule is CC(C(=O)O)c1cc2c(c(C(=O)c3ccc(S(C)(=O)=O)cc3)c1)SCC2. The highest BCUT2D eigenvalue weighted by Gasteiger charge is 2.25. The molecule has 2 aromatic carbocycles. The van der Waals surface area contributed by atoms with Crippen molar-refractivity contribution >= 4 is 33.4 Å². The molecule has 0 aliphatic carbocycles. The molecule has 0 amide bonds. The number of ketones is 1. The summed E-state index contributed by atoms with van der Waals surface area (Å²) in [5, 5.41) is 9.29. The summed E-state index contributed by atoms with van der Waals surface area (Å²) in [6.45, 7) is 1.60. The third-order valence-corrected chi connectivity index (χ3v) is 6.77. The van der Waals surface area contributed by atoms with Gasteiger partial charge in [0.25, 0.3) is 0 Å². The Bertz CT molecular complexity index is 991. The third-order valence-electron chi connectivity index (χ3n) is 4.47. The summed E-state index contributed by atoms with van der Waals surface area (Å²) in [4.78, 5) is 25.4. The van der Waals surface area contributed by atoms with Crippen molar-refractivity contribution in [3.8, 4) is 0 Å². The number of rotatable bonds is 5. The summed E-state index contributed by atoms with van der Waals surface area (Å²) < 4.78 is 23.2. The summed E-state index contributed by atoms with van der Waals surface area (Å²) in [5.74, 6) is -1.01. The lowest BCUT2D eigenvalue weighted by Gasteiger charge is -2.13. The number of hydrogen-bond acceptors (Lipinski definition) is 5. The normalized spacial score (nSPS) is 14.7. The molecule has 1 unspecified atom stereocenters. The quantitative estimate of drug-likeness (QED) is 0.789. The lowest BCUT2D eigenvalue weighted by atomic mass is 9.92. The Morgan fingerprint density at radius 1 is 1.15 bits per heavy atom. The van der Waals surface area contributed by atoms with Crippen molar-refractivity contribution in [1.82, 2.24) is 0 Å². The summed E-state index contributed by atoms with van der Waals surface area (Å²) in [7, 11) is -3.33. The number of hydrogen-bond donors (Lipinski definition) is 1. The topological polar surface area (TPSA) is 88.5 Å². The maximum Gasteiger partial charge on any atom is 0.310 e. The Hall–Kier alpha value is -2.12. The lowest BCUT2D eigenvalue weighted by Crippen LogP contribution is -2.11. The van der Waals surface area contributed by atoms with Gasteiger partial charge >= 0.3 is 5.97 Å². The highest BCUT2D eigenvalue weighted by molar-refractivity contribution is 7.99. The van der Waals surface area contributed by atoms with Crippen LogP contribution in [0.15, 0.2) is 46.2 Å². The number of sulfone groups is 1. The smallest absolute Gasteiger partial charge is 0.310 e. The standard InChI is InChI=1S/C19H18O5S2/c1-11(19(21)22)14-9-13-7-8-25-18(13)16(10-14)17(20)12-3-5-15(6-4-12)26(2,23)24/h3-6,9-11H,7-8H2,1-2H3,(H,21,22). The van der Waals surface area contributed by atoms with Crippen LogP contribution in [0.25, 0.3) is 0 Å². The minimum Gasteiger partial charge on any atom is -0.481 e. The van der Waals surface area contributed by atoms with Crippen molar-refractivity contribution in [3.63, 3.8) is 0 Å². The van der Waals surface area contributed by atoms with Gasteiger partial charge in [-0.2, -0.15) is 0 Å². The van der Waals surface area contributed by atoms with Crippen molar-refractivity contribution in [2.24, 2.45) is 0 Å². The van der Waals surface area contributed by atoms with Crippen LogP contribution in [0, 0.1) is 0 Å². The fraction of sp³-hybridized carbons (Fsp3) is 0.263. The van der Waals surface area contributed by atoms with Crippen LogP contribution >= 0.6 is 11.8 Å². The van der Waals surface area contributed by atoms with Crippen LogP contribution in [0.5, 0.6) is 0 Å². The number of carboxylic acid groups (broad SMARTS) is 1. The van der Waals surface area contributed by atoms with E-state index in [-0.39, 0.29) is 10.7 Å². The molecule has 0 spiro atoms. The number of benzene rings is 2. The summed E-state index contributed by atoms with van der Waals surface area (Å²) >= 11 is 1.59. The van der Waals surface area contributed by atoms with Gasteiger partial charge in [0.05, 0.1) is 10.8 Å². The van der Waals surface area contributed by atoms with Crippen LogP contribution in [0.2, 0.25) is 0 Å². The summed E-state index contributed by atoms with van der Waals surface area (Å²) in [5.41, 5.74) is 2.47. The molecule has 0 fully saturated rings. The largest absolute Gasteiger partial charge is 0.481 e. The monoisotopic (exact) mass is 390 g/mol. The third kappa shape index (κ3) is 3.54. The molecule has 1 aliphatic rings. The Morgan fingerprint density at radius 2 is 1.81 bits per heavy atom. The number of carbonyl (C=O) groups excluding carboxylic acids is 1. The summed E-state index contributed by atoms with van der Waals surface area (Å²) in [6, 6.07) is 9.36. The number of fused-ring (bicyclic) bond motifs is 1. The fourth-order valence-electron chi connectivity index (χ4n) is 2.90. The first kappa shape index (κ1) is 18.7. The van der Waals surface area contributed by atoms with Gasteiger partial charge in [-0.05, 0) is 54.8 Å². The Kier molecular flexibility index (Phi) is 4.94. The van der Waals surface area contributed by atoms with Crippen molar-refractivity contribution < 1.29 is 23.1 Å². The molecular formula is C19H18O5S2. The van der Waals surface area contributed by atoms with E-state index >= 15 is 0 Å². The molecule has 0 saturated heterocycles. The number of carboxylic acids is 1. The van der Waals surface area contributed by atoms with Crippen molar-refractivity contribution in [1.29, 1.82) is 0 Å². The van der Waals surface area contributed by atoms with E-state index in [2.05, 4.69) is 0 Å². The zero-order chi connectivity index (χ0) is 19.1. The number of aliphatic carboxylic acids is 1. The van der Waals surface area contributed by atoms with Gasteiger partial charge in [-0.15, -0.1) is 11.8 Å². The molecule has 1 N–H and O–H groups in total. The molecule has 0 aromatic heterocycles. The lowest BCUT2D eigenvalue weighted by molar-refractivity contribution is -0.138. The average Bonchev–Trinajstić information content (AvgIpc) is 3.07. The van der Waals surface area contributed by atoms with Crippen molar-refractivity contribution in [3.05, 3.63) is 58.7 Å². The molecule has 1 aliphatic heterocycles. The Labute approximate surface area is 156 Å². The van der Waals surface area contributed by atoms with Gasteiger partial charge in [0, 0.05) is 28.0 Å². The maximum atomic E-state index is 13.0. The van der Waals surface area contributed by atoms with E-state index in [0.717, 1.165) is 28.9 Å². The second-order valence-electron chi connectivity index (χ2n) is 6.34. The van der Waals surface area contributed by atoms with Crippen LogP contribution in [-0.2, 0) is 21.1 Å².